The van der Waals surface area contributed by atoms with Crippen molar-refractivity contribution in [3.63, 3.8) is 0 Å². The van der Waals surface area contributed by atoms with Gasteiger partial charge in [-0.25, -0.2) is 0 Å². The lowest BCUT2D eigenvalue weighted by atomic mass is 10.0. The second kappa shape index (κ2) is 7.58. The third-order valence-corrected chi connectivity index (χ3v) is 5.87. The molecule has 134 valence electrons. The predicted molar refractivity (Wildman–Crippen MR) is 119 cm³/mol. The molecule has 1 aliphatic rings. The molecule has 0 saturated heterocycles. The van der Waals surface area contributed by atoms with E-state index in [0.717, 1.165) is 17.8 Å². The van der Waals surface area contributed by atoms with Crippen molar-refractivity contribution < 1.29 is 0 Å². The van der Waals surface area contributed by atoms with Crippen molar-refractivity contribution in [3.05, 3.63) is 90.5 Å². The summed E-state index contributed by atoms with van der Waals surface area (Å²) in [5.74, 6) is 0. The summed E-state index contributed by atoms with van der Waals surface area (Å²) in [7, 11) is 0. The van der Waals surface area contributed by atoms with Gasteiger partial charge in [-0.2, -0.15) is 0 Å². The SMILES string of the molecule is CC1(C)CC(/C=C/c2ccc(-c3ccccc3)cc2)=Nc2ccccc2S1. The highest BCUT2D eigenvalue weighted by atomic mass is 32.2. The van der Waals surface area contributed by atoms with Crippen LogP contribution in [0.1, 0.15) is 25.8 Å². The first-order valence-electron chi connectivity index (χ1n) is 9.28. The number of hydrogen-bond acceptors (Lipinski definition) is 2. The third-order valence-electron chi connectivity index (χ3n) is 4.61. The summed E-state index contributed by atoms with van der Waals surface area (Å²) in [6, 6.07) is 27.6. The highest BCUT2D eigenvalue weighted by molar-refractivity contribution is 8.00. The van der Waals surface area contributed by atoms with Gasteiger partial charge in [0.2, 0.25) is 0 Å². The Morgan fingerprint density at radius 3 is 2.22 bits per heavy atom. The fourth-order valence-electron chi connectivity index (χ4n) is 3.31. The molecule has 1 heterocycles. The van der Waals surface area contributed by atoms with E-state index >= 15 is 0 Å². The minimum atomic E-state index is 0.132. The summed E-state index contributed by atoms with van der Waals surface area (Å²) >= 11 is 1.91. The van der Waals surface area contributed by atoms with Crippen LogP contribution in [-0.4, -0.2) is 10.5 Å². The average Bonchev–Trinajstić information content (AvgIpc) is 2.81. The topological polar surface area (TPSA) is 12.4 Å². The lowest BCUT2D eigenvalue weighted by Gasteiger charge is -2.21. The molecule has 1 aliphatic heterocycles. The van der Waals surface area contributed by atoms with Crippen LogP contribution in [0.15, 0.2) is 94.8 Å². The number of aliphatic imine (C=N–C) groups is 1. The number of nitrogens with zero attached hydrogens (tertiary/aromatic N) is 1. The quantitative estimate of drug-likeness (QED) is 0.468. The molecule has 0 fully saturated rings. The fourth-order valence-corrected chi connectivity index (χ4v) is 4.49. The Balaban J connectivity index is 1.58. The van der Waals surface area contributed by atoms with E-state index in [4.69, 9.17) is 4.99 Å². The van der Waals surface area contributed by atoms with Crippen molar-refractivity contribution in [3.8, 4) is 11.1 Å². The van der Waals surface area contributed by atoms with E-state index in [0.29, 0.717) is 0 Å². The number of fused-ring (bicyclic) bond motifs is 1. The van der Waals surface area contributed by atoms with E-state index in [1.54, 1.807) is 0 Å². The molecule has 3 aromatic carbocycles. The fraction of sp³-hybridized carbons (Fsp3) is 0.160. The Hall–Kier alpha value is -2.58. The summed E-state index contributed by atoms with van der Waals surface area (Å²) in [6.07, 6.45) is 5.29. The Bertz CT molecular complexity index is 982. The summed E-state index contributed by atoms with van der Waals surface area (Å²) in [5.41, 5.74) is 5.89. The first kappa shape index (κ1) is 17.8. The summed E-state index contributed by atoms with van der Waals surface area (Å²) in [5, 5.41) is 0. The van der Waals surface area contributed by atoms with Crippen molar-refractivity contribution in [2.75, 3.05) is 0 Å². The van der Waals surface area contributed by atoms with Gasteiger partial charge in [0.25, 0.3) is 0 Å². The van der Waals surface area contributed by atoms with Crippen molar-refractivity contribution in [1.29, 1.82) is 0 Å². The molecule has 0 spiro atoms. The van der Waals surface area contributed by atoms with Gasteiger partial charge in [0.1, 0.15) is 0 Å². The van der Waals surface area contributed by atoms with E-state index in [2.05, 4.69) is 98.8 Å². The lowest BCUT2D eigenvalue weighted by molar-refractivity contribution is 0.752. The Labute approximate surface area is 165 Å². The van der Waals surface area contributed by atoms with Gasteiger partial charge in [-0.1, -0.05) is 72.8 Å². The zero-order chi connectivity index (χ0) is 18.7. The lowest BCUT2D eigenvalue weighted by Crippen LogP contribution is -2.17. The van der Waals surface area contributed by atoms with Crippen molar-refractivity contribution in [1.82, 2.24) is 0 Å². The molecule has 0 radical (unpaired) electrons. The molecule has 0 N–H and O–H groups in total. The number of hydrogen-bond donors (Lipinski definition) is 0. The first-order valence-corrected chi connectivity index (χ1v) is 10.1. The Kier molecular flexibility index (Phi) is 5.00. The molecule has 2 heteroatoms. The molecule has 0 aromatic heterocycles. The molecule has 0 saturated carbocycles. The molecule has 0 unspecified atom stereocenters. The molecule has 0 aliphatic carbocycles. The van der Waals surface area contributed by atoms with Gasteiger partial charge in [0, 0.05) is 21.8 Å². The number of benzene rings is 3. The highest BCUT2D eigenvalue weighted by Crippen LogP contribution is 2.43. The number of para-hydroxylation sites is 1. The predicted octanol–water partition coefficient (Wildman–Crippen LogP) is 7.41. The summed E-state index contributed by atoms with van der Waals surface area (Å²) in [6.45, 7) is 4.58. The number of allylic oxidation sites excluding steroid dienone is 1. The molecule has 1 nitrogen and oxygen atoms in total. The molecule has 0 atom stereocenters. The molecule has 4 rings (SSSR count). The minimum Gasteiger partial charge on any atom is -0.252 e. The van der Waals surface area contributed by atoms with Crippen LogP contribution in [0, 0.1) is 0 Å². The first-order chi connectivity index (χ1) is 13.1. The van der Waals surface area contributed by atoms with Gasteiger partial charge >= 0.3 is 0 Å². The summed E-state index contributed by atoms with van der Waals surface area (Å²) in [4.78, 5) is 6.19. The zero-order valence-electron chi connectivity index (χ0n) is 15.7. The molecule has 0 amide bonds. The number of rotatable bonds is 3. The van der Waals surface area contributed by atoms with E-state index in [9.17, 15) is 0 Å². The third kappa shape index (κ3) is 4.40. The molecule has 27 heavy (non-hydrogen) atoms. The largest absolute Gasteiger partial charge is 0.252 e. The van der Waals surface area contributed by atoms with Gasteiger partial charge in [-0.15, -0.1) is 11.8 Å². The van der Waals surface area contributed by atoms with Crippen LogP contribution in [0.4, 0.5) is 5.69 Å². The van der Waals surface area contributed by atoms with Crippen LogP contribution < -0.4 is 0 Å². The van der Waals surface area contributed by atoms with Crippen LogP contribution in [-0.2, 0) is 0 Å². The maximum absolute atomic E-state index is 4.92. The Morgan fingerprint density at radius 1 is 0.778 bits per heavy atom. The van der Waals surface area contributed by atoms with Crippen LogP contribution in [0.2, 0.25) is 0 Å². The van der Waals surface area contributed by atoms with Crippen molar-refractivity contribution in [2.45, 2.75) is 29.9 Å². The van der Waals surface area contributed by atoms with Crippen LogP contribution in [0.25, 0.3) is 17.2 Å². The number of thioether (sulfide) groups is 1. The highest BCUT2D eigenvalue weighted by Gasteiger charge is 2.25. The van der Waals surface area contributed by atoms with E-state index in [1.807, 2.05) is 17.8 Å². The van der Waals surface area contributed by atoms with Gasteiger partial charge < -0.3 is 0 Å². The second-order valence-electron chi connectivity index (χ2n) is 7.43. The van der Waals surface area contributed by atoms with Crippen molar-refractivity contribution in [2.24, 2.45) is 4.99 Å². The van der Waals surface area contributed by atoms with E-state index in [-0.39, 0.29) is 4.75 Å². The smallest absolute Gasteiger partial charge is 0.0768 e. The Morgan fingerprint density at radius 2 is 1.44 bits per heavy atom. The van der Waals surface area contributed by atoms with Crippen LogP contribution in [0.3, 0.4) is 0 Å². The van der Waals surface area contributed by atoms with Crippen LogP contribution >= 0.6 is 11.8 Å². The van der Waals surface area contributed by atoms with Gasteiger partial charge in [-0.05, 0) is 48.7 Å². The minimum absolute atomic E-state index is 0.132. The second-order valence-corrected chi connectivity index (χ2v) is 9.18. The molecular formula is C25H23NS. The van der Waals surface area contributed by atoms with Crippen molar-refractivity contribution >= 4 is 29.2 Å². The molecule has 0 bridgehead atoms. The maximum atomic E-state index is 4.92. The zero-order valence-corrected chi connectivity index (χ0v) is 16.5. The normalized spacial score (nSPS) is 15.9. The van der Waals surface area contributed by atoms with E-state index < -0.39 is 0 Å². The van der Waals surface area contributed by atoms with Gasteiger partial charge in [-0.3, -0.25) is 4.99 Å². The van der Waals surface area contributed by atoms with Crippen LogP contribution in [0.5, 0.6) is 0 Å². The maximum Gasteiger partial charge on any atom is 0.0768 e. The van der Waals surface area contributed by atoms with Gasteiger partial charge in [0.15, 0.2) is 0 Å². The summed E-state index contributed by atoms with van der Waals surface area (Å²) < 4.78 is 0.132. The molecular weight excluding hydrogens is 346 g/mol. The standard InChI is InChI=1S/C25H23NS/c1-25(2)18-22(26-23-10-6-7-11-24(23)27-25)17-14-19-12-15-21(16-13-19)20-8-4-3-5-9-20/h3-17H,18H2,1-2H3/b17-14+. The van der Waals surface area contributed by atoms with Gasteiger partial charge in [0.05, 0.1) is 5.69 Å². The molecule has 3 aromatic rings. The monoisotopic (exact) mass is 369 g/mol. The van der Waals surface area contributed by atoms with E-state index in [1.165, 1.54) is 21.6 Å². The average molecular weight is 370 g/mol.